The number of rotatable bonds is 7. The third kappa shape index (κ3) is 4.88. The molecule has 0 saturated heterocycles. The normalized spacial score (nSPS) is 18.1. The number of nitrogens with one attached hydrogen (secondary N) is 1. The number of anilines is 1. The van der Waals surface area contributed by atoms with E-state index in [9.17, 15) is 18.0 Å². The molecular formula is C22H24N2O6S. The largest absolute Gasteiger partial charge is 0.475 e. The molecule has 1 aliphatic carbocycles. The molecule has 2 aliphatic rings. The van der Waals surface area contributed by atoms with Gasteiger partial charge in [0.25, 0.3) is 0 Å². The van der Waals surface area contributed by atoms with Gasteiger partial charge in [0.1, 0.15) is 5.75 Å². The molecule has 0 spiro atoms. The maximum absolute atomic E-state index is 13.0. The predicted molar refractivity (Wildman–Crippen MR) is 113 cm³/mol. The zero-order valence-electron chi connectivity index (χ0n) is 17.1. The van der Waals surface area contributed by atoms with Crippen molar-refractivity contribution in [3.05, 3.63) is 54.1 Å². The summed E-state index contributed by atoms with van der Waals surface area (Å²) < 4.78 is 37.6. The van der Waals surface area contributed by atoms with Crippen LogP contribution in [-0.2, 0) is 30.8 Å². The van der Waals surface area contributed by atoms with Gasteiger partial charge in [-0.15, -0.1) is 0 Å². The van der Waals surface area contributed by atoms with Gasteiger partial charge in [-0.3, -0.25) is 4.79 Å². The number of carbonyl (C=O) groups excluding carboxylic acids is 2. The second-order valence-electron chi connectivity index (χ2n) is 7.64. The summed E-state index contributed by atoms with van der Waals surface area (Å²) in [7, 11) is -2.22. The van der Waals surface area contributed by atoms with Crippen molar-refractivity contribution in [1.29, 1.82) is 0 Å². The molecule has 1 fully saturated rings. The van der Waals surface area contributed by atoms with Crippen LogP contribution in [0.4, 0.5) is 5.69 Å². The van der Waals surface area contributed by atoms with Crippen LogP contribution in [0.5, 0.6) is 5.75 Å². The highest BCUT2D eigenvalue weighted by Gasteiger charge is 2.34. The molecule has 1 atom stereocenters. The summed E-state index contributed by atoms with van der Waals surface area (Å²) in [5.74, 6) is -0.240. The van der Waals surface area contributed by atoms with Gasteiger partial charge in [0.15, 0.2) is 0 Å². The Morgan fingerprint density at radius 1 is 1.13 bits per heavy atom. The average Bonchev–Trinajstić information content (AvgIpc) is 3.59. The van der Waals surface area contributed by atoms with Crippen LogP contribution in [0.2, 0.25) is 0 Å². The summed E-state index contributed by atoms with van der Waals surface area (Å²) in [4.78, 5) is 26.7. The molecule has 2 aromatic rings. The molecule has 8 nitrogen and oxygen atoms in total. The lowest BCUT2D eigenvalue weighted by atomic mass is 10.1. The topological polar surface area (TPSA) is 102 Å². The van der Waals surface area contributed by atoms with E-state index in [0.29, 0.717) is 17.9 Å². The molecule has 9 heteroatoms. The summed E-state index contributed by atoms with van der Waals surface area (Å²) in [5.41, 5.74) is 1.46. The third-order valence-corrected chi connectivity index (χ3v) is 6.84. The number of aryl methyl sites for hydroxylation is 1. The van der Waals surface area contributed by atoms with Gasteiger partial charge in [-0.25, -0.2) is 17.9 Å². The summed E-state index contributed by atoms with van der Waals surface area (Å²) in [5, 5.41) is 0. The van der Waals surface area contributed by atoms with Crippen LogP contribution >= 0.6 is 0 Å². The summed E-state index contributed by atoms with van der Waals surface area (Å²) in [6.45, 7) is 0.0759. The molecule has 1 aliphatic heterocycles. The van der Waals surface area contributed by atoms with E-state index in [1.165, 1.54) is 7.11 Å². The first kappa shape index (κ1) is 21.3. The second-order valence-corrected chi connectivity index (χ2v) is 9.36. The Hall–Kier alpha value is -2.91. The first-order valence-corrected chi connectivity index (χ1v) is 11.6. The molecule has 1 N–H and O–H groups in total. The molecule has 0 bridgehead atoms. The van der Waals surface area contributed by atoms with Gasteiger partial charge in [0.05, 0.1) is 24.2 Å². The van der Waals surface area contributed by atoms with Crippen LogP contribution in [-0.4, -0.2) is 46.1 Å². The van der Waals surface area contributed by atoms with E-state index in [0.717, 1.165) is 18.4 Å². The Morgan fingerprint density at radius 2 is 1.84 bits per heavy atom. The van der Waals surface area contributed by atoms with Crippen molar-refractivity contribution in [3.63, 3.8) is 0 Å². The van der Waals surface area contributed by atoms with E-state index in [1.54, 1.807) is 53.4 Å². The van der Waals surface area contributed by atoms with Gasteiger partial charge >= 0.3 is 5.97 Å². The lowest BCUT2D eigenvalue weighted by Crippen LogP contribution is -2.47. The molecule has 0 aromatic heterocycles. The van der Waals surface area contributed by atoms with Crippen molar-refractivity contribution in [1.82, 2.24) is 4.72 Å². The fraction of sp³-hybridized carbons (Fsp3) is 0.364. The summed E-state index contributed by atoms with van der Waals surface area (Å²) in [6, 6.07) is 13.7. The molecule has 0 radical (unpaired) electrons. The lowest BCUT2D eigenvalue weighted by Gasteiger charge is -2.33. The van der Waals surface area contributed by atoms with Crippen molar-refractivity contribution in [2.45, 2.75) is 42.7 Å². The Kier molecular flexibility index (Phi) is 5.97. The van der Waals surface area contributed by atoms with Crippen molar-refractivity contribution >= 4 is 27.6 Å². The molecule has 1 amide bonds. The Labute approximate surface area is 181 Å². The number of esters is 1. The molecule has 4 rings (SSSR count). The number of amides is 1. The average molecular weight is 445 g/mol. The standard InChI is InChI=1S/C22H24N2O6S/c1-29-22(26)20-14-24(18-4-2-3-5-19(18)30-20)21(25)13-8-15-6-11-17(12-7-15)31(27,28)23-16-9-10-16/h2-7,11-12,16,20,23H,8-10,13-14H2,1H3/t20-/m0/s1. The van der Waals surface area contributed by atoms with Crippen LogP contribution in [0.15, 0.2) is 53.4 Å². The van der Waals surface area contributed by atoms with Crippen LogP contribution in [0, 0.1) is 0 Å². The van der Waals surface area contributed by atoms with E-state index >= 15 is 0 Å². The summed E-state index contributed by atoms with van der Waals surface area (Å²) in [6.07, 6.45) is 1.51. The maximum atomic E-state index is 13.0. The van der Waals surface area contributed by atoms with Crippen LogP contribution < -0.4 is 14.4 Å². The van der Waals surface area contributed by atoms with Crippen LogP contribution in [0.1, 0.15) is 24.8 Å². The van der Waals surface area contributed by atoms with E-state index in [-0.39, 0.29) is 29.8 Å². The third-order valence-electron chi connectivity index (χ3n) is 5.30. The smallest absolute Gasteiger partial charge is 0.348 e. The van der Waals surface area contributed by atoms with E-state index in [4.69, 9.17) is 9.47 Å². The molecule has 0 unspecified atom stereocenters. The minimum absolute atomic E-state index is 0.0486. The molecular weight excluding hydrogens is 420 g/mol. The quantitative estimate of drug-likeness (QED) is 0.656. The first-order chi connectivity index (χ1) is 14.9. The van der Waals surface area contributed by atoms with Crippen LogP contribution in [0.25, 0.3) is 0 Å². The molecule has 31 heavy (non-hydrogen) atoms. The molecule has 2 aromatic carbocycles. The van der Waals surface area contributed by atoms with Gasteiger partial charge in [-0.2, -0.15) is 0 Å². The second kappa shape index (κ2) is 8.68. The number of benzene rings is 2. The van der Waals surface area contributed by atoms with Gasteiger partial charge in [-0.05, 0) is 49.1 Å². The fourth-order valence-corrected chi connectivity index (χ4v) is 4.74. The number of fused-ring (bicyclic) bond motifs is 1. The number of sulfonamides is 1. The lowest BCUT2D eigenvalue weighted by molar-refractivity contribution is -0.148. The summed E-state index contributed by atoms with van der Waals surface area (Å²) >= 11 is 0. The molecule has 164 valence electrons. The molecule has 1 saturated carbocycles. The number of ether oxygens (including phenoxy) is 2. The number of hydrogen-bond donors (Lipinski definition) is 1. The Balaban J connectivity index is 1.42. The fourth-order valence-electron chi connectivity index (χ4n) is 3.43. The predicted octanol–water partition coefficient (Wildman–Crippen LogP) is 2.03. The van der Waals surface area contributed by atoms with E-state index in [2.05, 4.69) is 4.72 Å². The zero-order valence-corrected chi connectivity index (χ0v) is 17.9. The monoisotopic (exact) mass is 444 g/mol. The number of nitrogens with zero attached hydrogens (tertiary/aromatic N) is 1. The zero-order chi connectivity index (χ0) is 22.0. The minimum atomic E-state index is -3.50. The van der Waals surface area contributed by atoms with Crippen molar-refractivity contribution < 1.29 is 27.5 Å². The van der Waals surface area contributed by atoms with Gasteiger partial charge in [0.2, 0.25) is 22.0 Å². The first-order valence-electron chi connectivity index (χ1n) is 10.1. The van der Waals surface area contributed by atoms with Crippen molar-refractivity contribution in [2.24, 2.45) is 0 Å². The molecule has 1 heterocycles. The highest BCUT2D eigenvalue weighted by Crippen LogP contribution is 2.34. The number of methoxy groups -OCH3 is 1. The van der Waals surface area contributed by atoms with E-state index in [1.807, 2.05) is 0 Å². The SMILES string of the molecule is COC(=O)[C@@H]1CN(C(=O)CCc2ccc(S(=O)(=O)NC3CC3)cc2)c2ccccc2O1. The van der Waals surface area contributed by atoms with Gasteiger partial charge in [-0.1, -0.05) is 24.3 Å². The number of hydrogen-bond acceptors (Lipinski definition) is 6. The van der Waals surface area contributed by atoms with Gasteiger partial charge < -0.3 is 14.4 Å². The Morgan fingerprint density at radius 3 is 2.52 bits per heavy atom. The number of para-hydroxylation sites is 2. The maximum Gasteiger partial charge on any atom is 0.348 e. The van der Waals surface area contributed by atoms with Crippen molar-refractivity contribution in [3.8, 4) is 5.75 Å². The van der Waals surface area contributed by atoms with Crippen molar-refractivity contribution in [2.75, 3.05) is 18.6 Å². The number of carbonyl (C=O) groups is 2. The Bertz CT molecular complexity index is 1080. The van der Waals surface area contributed by atoms with E-state index < -0.39 is 22.1 Å². The highest BCUT2D eigenvalue weighted by molar-refractivity contribution is 7.89. The van der Waals surface area contributed by atoms with Crippen LogP contribution in [0.3, 0.4) is 0 Å². The minimum Gasteiger partial charge on any atom is -0.475 e. The van der Waals surface area contributed by atoms with Gasteiger partial charge in [0, 0.05) is 12.5 Å². The highest BCUT2D eigenvalue weighted by atomic mass is 32.2.